The van der Waals surface area contributed by atoms with Crippen molar-refractivity contribution >= 4 is 17.7 Å². The molecule has 0 aromatic rings. The Bertz CT molecular complexity index is 136. The van der Waals surface area contributed by atoms with E-state index in [-0.39, 0.29) is 5.97 Å². The van der Waals surface area contributed by atoms with Crippen LogP contribution in [0.15, 0.2) is 0 Å². The second-order valence-corrected chi connectivity index (χ2v) is 3.70. The van der Waals surface area contributed by atoms with Crippen LogP contribution in [0.25, 0.3) is 0 Å². The van der Waals surface area contributed by atoms with Crippen LogP contribution in [-0.2, 0) is 9.53 Å². The molecule has 0 saturated heterocycles. The number of nitrogens with two attached hydrogens (primary N) is 1. The molecule has 0 radical (unpaired) electrons. The van der Waals surface area contributed by atoms with Crippen molar-refractivity contribution in [1.29, 1.82) is 0 Å². The molecule has 0 aromatic heterocycles. The van der Waals surface area contributed by atoms with Crippen LogP contribution in [-0.4, -0.2) is 23.7 Å². The lowest BCUT2D eigenvalue weighted by Gasteiger charge is -2.19. The largest absolute Gasteiger partial charge is 0.464 e. The van der Waals surface area contributed by atoms with Gasteiger partial charge in [-0.3, -0.25) is 0 Å². The van der Waals surface area contributed by atoms with E-state index in [0.717, 1.165) is 6.42 Å². The standard InChI is InChI=1S/C7H15NO2S/c1-4-5-10-6(9)7(2,8)11-3/h4-5,8H2,1-3H3. The molecule has 0 aliphatic carbocycles. The minimum atomic E-state index is -0.894. The van der Waals surface area contributed by atoms with Gasteiger partial charge in [0.25, 0.3) is 0 Å². The van der Waals surface area contributed by atoms with Crippen molar-refractivity contribution in [2.75, 3.05) is 12.9 Å². The molecule has 0 fully saturated rings. The van der Waals surface area contributed by atoms with Gasteiger partial charge in [-0.1, -0.05) is 6.92 Å². The monoisotopic (exact) mass is 177 g/mol. The van der Waals surface area contributed by atoms with E-state index in [0.29, 0.717) is 6.61 Å². The summed E-state index contributed by atoms with van der Waals surface area (Å²) in [6.07, 6.45) is 2.61. The molecule has 1 unspecified atom stereocenters. The number of esters is 1. The van der Waals surface area contributed by atoms with Gasteiger partial charge in [0, 0.05) is 0 Å². The Balaban J connectivity index is 3.82. The Morgan fingerprint density at radius 2 is 2.27 bits per heavy atom. The topological polar surface area (TPSA) is 52.3 Å². The highest BCUT2D eigenvalue weighted by molar-refractivity contribution is 8.00. The Kier molecular flexibility index (Phi) is 4.52. The summed E-state index contributed by atoms with van der Waals surface area (Å²) in [7, 11) is 0. The molecule has 0 aliphatic heterocycles. The van der Waals surface area contributed by atoms with E-state index in [1.165, 1.54) is 11.8 Å². The van der Waals surface area contributed by atoms with E-state index < -0.39 is 4.87 Å². The second kappa shape index (κ2) is 4.62. The molecule has 0 bridgehead atoms. The lowest BCUT2D eigenvalue weighted by Crippen LogP contribution is -2.42. The highest BCUT2D eigenvalue weighted by Gasteiger charge is 2.28. The molecule has 0 amide bonds. The zero-order valence-corrected chi connectivity index (χ0v) is 8.03. The van der Waals surface area contributed by atoms with Crippen LogP contribution in [0.1, 0.15) is 20.3 Å². The SMILES string of the molecule is CCCOC(=O)C(C)(N)SC. The van der Waals surface area contributed by atoms with Crippen LogP contribution in [0, 0.1) is 0 Å². The van der Waals surface area contributed by atoms with Gasteiger partial charge in [-0.2, -0.15) is 0 Å². The van der Waals surface area contributed by atoms with Crippen molar-refractivity contribution in [3.05, 3.63) is 0 Å². The van der Waals surface area contributed by atoms with Crippen LogP contribution in [0.2, 0.25) is 0 Å². The smallest absolute Gasteiger partial charge is 0.336 e. The van der Waals surface area contributed by atoms with Crippen molar-refractivity contribution in [2.24, 2.45) is 5.73 Å². The van der Waals surface area contributed by atoms with E-state index in [1.54, 1.807) is 13.2 Å². The first-order valence-electron chi connectivity index (χ1n) is 3.56. The number of ether oxygens (including phenoxy) is 1. The number of thioether (sulfide) groups is 1. The maximum atomic E-state index is 11.1. The van der Waals surface area contributed by atoms with Gasteiger partial charge in [0.2, 0.25) is 0 Å². The first-order valence-corrected chi connectivity index (χ1v) is 4.78. The first-order chi connectivity index (χ1) is 5.04. The van der Waals surface area contributed by atoms with E-state index >= 15 is 0 Å². The van der Waals surface area contributed by atoms with Crippen LogP contribution in [0.5, 0.6) is 0 Å². The van der Waals surface area contributed by atoms with Gasteiger partial charge in [-0.15, -0.1) is 11.8 Å². The Morgan fingerprint density at radius 1 is 1.73 bits per heavy atom. The van der Waals surface area contributed by atoms with Gasteiger partial charge < -0.3 is 10.5 Å². The molecule has 0 heterocycles. The summed E-state index contributed by atoms with van der Waals surface area (Å²) in [5.41, 5.74) is 5.59. The lowest BCUT2D eigenvalue weighted by atomic mass is 10.3. The highest BCUT2D eigenvalue weighted by atomic mass is 32.2. The second-order valence-electron chi connectivity index (χ2n) is 2.45. The summed E-state index contributed by atoms with van der Waals surface area (Å²) >= 11 is 1.29. The summed E-state index contributed by atoms with van der Waals surface area (Å²) in [4.78, 5) is 10.2. The quantitative estimate of drug-likeness (QED) is 0.513. The third-order valence-electron chi connectivity index (χ3n) is 1.27. The molecular weight excluding hydrogens is 162 g/mol. The van der Waals surface area contributed by atoms with Gasteiger partial charge in [-0.05, 0) is 19.6 Å². The van der Waals surface area contributed by atoms with E-state index in [1.807, 2.05) is 6.92 Å². The summed E-state index contributed by atoms with van der Waals surface area (Å²) in [6, 6.07) is 0. The number of carbonyl (C=O) groups is 1. The summed E-state index contributed by atoms with van der Waals surface area (Å²) in [5.74, 6) is -0.341. The zero-order chi connectivity index (χ0) is 8.91. The normalized spacial score (nSPS) is 15.6. The van der Waals surface area contributed by atoms with E-state index in [4.69, 9.17) is 10.5 Å². The highest BCUT2D eigenvalue weighted by Crippen LogP contribution is 2.16. The molecule has 3 nitrogen and oxygen atoms in total. The fourth-order valence-electron chi connectivity index (χ4n) is 0.421. The van der Waals surface area contributed by atoms with Crippen LogP contribution in [0.4, 0.5) is 0 Å². The van der Waals surface area contributed by atoms with Gasteiger partial charge in [-0.25, -0.2) is 4.79 Å². The lowest BCUT2D eigenvalue weighted by molar-refractivity contribution is -0.146. The Morgan fingerprint density at radius 3 is 2.64 bits per heavy atom. The van der Waals surface area contributed by atoms with Gasteiger partial charge in [0.15, 0.2) is 4.87 Å². The average molecular weight is 177 g/mol. The van der Waals surface area contributed by atoms with Gasteiger partial charge >= 0.3 is 5.97 Å². The number of hydrogen-bond acceptors (Lipinski definition) is 4. The third-order valence-corrected chi connectivity index (χ3v) is 2.28. The Hall–Kier alpha value is -0.220. The molecule has 0 spiro atoms. The van der Waals surface area contributed by atoms with E-state index in [2.05, 4.69) is 0 Å². The number of carbonyl (C=O) groups excluding carboxylic acids is 1. The van der Waals surface area contributed by atoms with Crippen molar-refractivity contribution in [3.63, 3.8) is 0 Å². The van der Waals surface area contributed by atoms with Gasteiger partial charge in [0.1, 0.15) is 0 Å². The molecule has 0 aliphatic rings. The molecule has 11 heavy (non-hydrogen) atoms. The first kappa shape index (κ1) is 10.8. The molecule has 66 valence electrons. The summed E-state index contributed by atoms with van der Waals surface area (Å²) < 4.78 is 4.86. The maximum Gasteiger partial charge on any atom is 0.336 e. The Labute approximate surface area is 71.7 Å². The van der Waals surface area contributed by atoms with Crippen molar-refractivity contribution in [1.82, 2.24) is 0 Å². The minimum absolute atomic E-state index is 0.341. The van der Waals surface area contributed by atoms with Crippen LogP contribution < -0.4 is 5.73 Å². The van der Waals surface area contributed by atoms with Crippen molar-refractivity contribution in [2.45, 2.75) is 25.1 Å². The van der Waals surface area contributed by atoms with Crippen molar-refractivity contribution < 1.29 is 9.53 Å². The van der Waals surface area contributed by atoms with Gasteiger partial charge in [0.05, 0.1) is 6.61 Å². The molecule has 4 heteroatoms. The predicted molar refractivity (Wildman–Crippen MR) is 47.4 cm³/mol. The fourth-order valence-corrected chi connectivity index (χ4v) is 0.647. The van der Waals surface area contributed by atoms with E-state index in [9.17, 15) is 4.79 Å². The maximum absolute atomic E-state index is 11.1. The molecule has 2 N–H and O–H groups in total. The van der Waals surface area contributed by atoms with Crippen LogP contribution >= 0.6 is 11.8 Å². The average Bonchev–Trinajstić information content (AvgIpc) is 2.00. The van der Waals surface area contributed by atoms with Crippen LogP contribution in [0.3, 0.4) is 0 Å². The predicted octanol–water partition coefficient (Wildman–Crippen LogP) is 0.978. The number of rotatable bonds is 4. The molecule has 0 aromatic carbocycles. The third kappa shape index (κ3) is 3.62. The molecule has 0 saturated carbocycles. The fraction of sp³-hybridized carbons (Fsp3) is 0.857. The number of hydrogen-bond donors (Lipinski definition) is 1. The molecular formula is C7H15NO2S. The molecule has 1 atom stereocenters. The molecule has 0 rings (SSSR count). The summed E-state index contributed by atoms with van der Waals surface area (Å²) in [6.45, 7) is 4.04. The summed E-state index contributed by atoms with van der Waals surface area (Å²) in [5, 5.41) is 0. The zero-order valence-electron chi connectivity index (χ0n) is 7.22. The van der Waals surface area contributed by atoms with Crippen molar-refractivity contribution in [3.8, 4) is 0 Å². The minimum Gasteiger partial charge on any atom is -0.464 e.